The Balaban J connectivity index is 1.46. The molecule has 6 nitrogen and oxygen atoms in total. The van der Waals surface area contributed by atoms with E-state index in [9.17, 15) is 22.5 Å². The normalized spacial score (nSPS) is 18.7. The minimum Gasteiger partial charge on any atom is -0.406 e. The van der Waals surface area contributed by atoms with E-state index in [1.54, 1.807) is 6.08 Å². The molecule has 38 heavy (non-hydrogen) atoms. The molecule has 1 aliphatic heterocycles. The third-order valence-electron chi connectivity index (χ3n) is 6.52. The van der Waals surface area contributed by atoms with Gasteiger partial charge in [-0.2, -0.15) is 0 Å². The topological polar surface area (TPSA) is 74.2 Å². The molecule has 3 aromatic carbocycles. The second-order valence-corrected chi connectivity index (χ2v) is 10.9. The van der Waals surface area contributed by atoms with Crippen LogP contribution in [0.3, 0.4) is 0 Å². The van der Waals surface area contributed by atoms with Crippen LogP contribution in [0.1, 0.15) is 17.5 Å². The zero-order valence-electron chi connectivity index (χ0n) is 20.5. The highest BCUT2D eigenvalue weighted by atomic mass is 32.2. The SMILES string of the molecule is CN=S(=O)(NC1=CCC=C(N2c3ccccc3CCc3ccccc32)[C@@H]1O)c1ccc(OC(F)(F)F)cc1. The van der Waals surface area contributed by atoms with Gasteiger partial charge in [0.05, 0.1) is 16.3 Å². The Labute approximate surface area is 219 Å². The Morgan fingerprint density at radius 2 is 1.53 bits per heavy atom. The molecule has 0 amide bonds. The Kier molecular flexibility index (Phi) is 6.93. The van der Waals surface area contributed by atoms with Gasteiger partial charge in [-0.25, -0.2) is 8.57 Å². The number of halogens is 3. The van der Waals surface area contributed by atoms with Crippen LogP contribution < -0.4 is 14.4 Å². The Morgan fingerprint density at radius 3 is 2.08 bits per heavy atom. The summed E-state index contributed by atoms with van der Waals surface area (Å²) in [6.45, 7) is 0. The summed E-state index contributed by atoms with van der Waals surface area (Å²) in [4.78, 5) is 2.20. The smallest absolute Gasteiger partial charge is 0.406 e. The van der Waals surface area contributed by atoms with Gasteiger partial charge in [0, 0.05) is 18.4 Å². The zero-order valence-corrected chi connectivity index (χ0v) is 21.3. The Morgan fingerprint density at radius 1 is 0.947 bits per heavy atom. The quantitative estimate of drug-likeness (QED) is 0.415. The molecule has 2 aliphatic rings. The summed E-state index contributed by atoms with van der Waals surface area (Å²) in [6, 6.07) is 20.8. The summed E-state index contributed by atoms with van der Waals surface area (Å²) in [6.07, 6.45) is -0.153. The summed E-state index contributed by atoms with van der Waals surface area (Å²) >= 11 is 0. The van der Waals surface area contributed by atoms with Gasteiger partial charge in [-0.1, -0.05) is 48.6 Å². The molecule has 2 N–H and O–H groups in total. The number of hydrogen-bond donors (Lipinski definition) is 2. The molecule has 3 aromatic rings. The third-order valence-corrected chi connectivity index (χ3v) is 8.45. The molecular formula is C28H26F3N3O3S. The molecule has 1 unspecified atom stereocenters. The molecule has 10 heteroatoms. The predicted molar refractivity (Wildman–Crippen MR) is 140 cm³/mol. The molecule has 5 rings (SSSR count). The average Bonchev–Trinajstić information content (AvgIpc) is 3.06. The number of ether oxygens (including phenoxy) is 1. The first-order valence-electron chi connectivity index (χ1n) is 12.0. The number of allylic oxidation sites excluding steroid dienone is 2. The third kappa shape index (κ3) is 5.14. The standard InChI is InChI=1S/C28H26F3N3O3S/c1-32-38(36,22-17-15-21(16-18-22)37-28(29,30)31)33-23-9-6-12-26(27(23)35)34-24-10-4-2-7-19(24)13-14-20-8-3-5-11-25(20)34/h2-5,7-12,15-18,27,35H,6,13-14H2,1H3,(H,32,33,36)/t27-,38?/m1/s1. The van der Waals surface area contributed by atoms with Crippen LogP contribution in [0.25, 0.3) is 0 Å². The fourth-order valence-corrected chi connectivity index (χ4v) is 6.19. The van der Waals surface area contributed by atoms with E-state index in [1.165, 1.54) is 19.2 Å². The van der Waals surface area contributed by atoms with Crippen LogP contribution in [0.15, 0.2) is 106 Å². The van der Waals surface area contributed by atoms with Gasteiger partial charge < -0.3 is 14.7 Å². The van der Waals surface area contributed by atoms with Crippen LogP contribution in [-0.2, 0) is 22.8 Å². The summed E-state index contributed by atoms with van der Waals surface area (Å²) in [7, 11) is -1.97. The van der Waals surface area contributed by atoms with Crippen LogP contribution in [0.5, 0.6) is 5.75 Å². The van der Waals surface area contributed by atoms with Crippen LogP contribution >= 0.6 is 0 Å². The fourth-order valence-electron chi connectivity index (χ4n) is 4.75. The minimum absolute atomic E-state index is 0.157. The van der Waals surface area contributed by atoms with Gasteiger partial charge in [-0.05, 0) is 66.8 Å². The van der Waals surface area contributed by atoms with Crippen LogP contribution in [0.2, 0.25) is 0 Å². The van der Waals surface area contributed by atoms with Gasteiger partial charge >= 0.3 is 6.36 Å². The number of aliphatic hydroxyl groups excluding tert-OH is 1. The van der Waals surface area contributed by atoms with E-state index in [0.717, 1.165) is 47.5 Å². The number of para-hydroxylation sites is 2. The van der Waals surface area contributed by atoms with Crippen molar-refractivity contribution in [2.45, 2.75) is 36.6 Å². The van der Waals surface area contributed by atoms with Crippen molar-refractivity contribution in [3.63, 3.8) is 0 Å². The molecule has 198 valence electrons. The average molecular weight is 542 g/mol. The number of aliphatic hydroxyl groups is 1. The molecule has 1 aliphatic carbocycles. The monoisotopic (exact) mass is 541 g/mol. The lowest BCUT2D eigenvalue weighted by Crippen LogP contribution is -2.37. The van der Waals surface area contributed by atoms with Crippen molar-refractivity contribution in [3.8, 4) is 5.75 Å². The summed E-state index contributed by atoms with van der Waals surface area (Å²) in [5, 5.41) is 11.5. The van der Waals surface area contributed by atoms with E-state index >= 15 is 0 Å². The number of benzene rings is 3. The number of nitrogens with zero attached hydrogens (tertiary/aromatic N) is 2. The summed E-state index contributed by atoms with van der Waals surface area (Å²) < 4.78 is 62.2. The number of anilines is 2. The Bertz CT molecular complexity index is 1480. The lowest BCUT2D eigenvalue weighted by atomic mass is 10.0. The molecule has 0 fully saturated rings. The first-order chi connectivity index (χ1) is 18.2. The Hall–Kier alpha value is -3.76. The van der Waals surface area contributed by atoms with Crippen molar-refractivity contribution in [1.82, 2.24) is 4.72 Å². The molecule has 0 radical (unpaired) electrons. The fraction of sp³-hybridized carbons (Fsp3) is 0.214. The maximum absolute atomic E-state index is 13.8. The molecule has 0 spiro atoms. The second kappa shape index (κ2) is 10.2. The highest BCUT2D eigenvalue weighted by Crippen LogP contribution is 2.41. The first-order valence-corrected chi connectivity index (χ1v) is 13.5. The number of hydrogen-bond acceptors (Lipinski definition) is 5. The lowest BCUT2D eigenvalue weighted by molar-refractivity contribution is -0.274. The van der Waals surface area contributed by atoms with Crippen molar-refractivity contribution < 1.29 is 27.2 Å². The van der Waals surface area contributed by atoms with Gasteiger partial charge in [-0.3, -0.25) is 4.72 Å². The lowest BCUT2D eigenvalue weighted by Gasteiger charge is -2.34. The van der Waals surface area contributed by atoms with Gasteiger partial charge in [-0.15, -0.1) is 13.2 Å². The summed E-state index contributed by atoms with van der Waals surface area (Å²) in [5.74, 6) is -0.431. The predicted octanol–water partition coefficient (Wildman–Crippen LogP) is 6.02. The molecule has 0 saturated heterocycles. The second-order valence-electron chi connectivity index (χ2n) is 8.85. The van der Waals surface area contributed by atoms with E-state index in [4.69, 9.17) is 0 Å². The van der Waals surface area contributed by atoms with Gasteiger partial charge in [0.15, 0.2) is 9.92 Å². The largest absolute Gasteiger partial charge is 0.573 e. The maximum atomic E-state index is 13.8. The number of nitrogens with one attached hydrogen (secondary N) is 1. The van der Waals surface area contributed by atoms with Crippen LogP contribution in [0, 0.1) is 0 Å². The van der Waals surface area contributed by atoms with Crippen molar-refractivity contribution in [2.75, 3.05) is 11.9 Å². The highest BCUT2D eigenvalue weighted by Gasteiger charge is 2.32. The van der Waals surface area contributed by atoms with Gasteiger partial charge in [0.25, 0.3) is 0 Å². The van der Waals surface area contributed by atoms with Crippen molar-refractivity contribution >= 4 is 21.3 Å². The molecule has 0 saturated carbocycles. The number of fused-ring (bicyclic) bond motifs is 2. The van der Waals surface area contributed by atoms with Crippen molar-refractivity contribution in [2.24, 2.45) is 4.36 Å². The van der Waals surface area contributed by atoms with Gasteiger partial charge in [0.1, 0.15) is 11.9 Å². The van der Waals surface area contributed by atoms with Crippen molar-refractivity contribution in [3.05, 3.63) is 107 Å². The number of aryl methyl sites for hydroxylation is 2. The minimum atomic E-state index is -4.83. The van der Waals surface area contributed by atoms with E-state index in [0.29, 0.717) is 17.8 Å². The van der Waals surface area contributed by atoms with Gasteiger partial charge in [0.2, 0.25) is 0 Å². The molecule has 0 aromatic heterocycles. The number of rotatable bonds is 5. The molecule has 1 heterocycles. The molecule has 2 atom stereocenters. The summed E-state index contributed by atoms with van der Waals surface area (Å²) in [5.41, 5.74) is 5.13. The zero-order chi connectivity index (χ0) is 26.9. The van der Waals surface area contributed by atoms with E-state index in [1.807, 2.05) is 47.4 Å². The maximum Gasteiger partial charge on any atom is 0.573 e. The molecular weight excluding hydrogens is 515 g/mol. The van der Waals surface area contributed by atoms with E-state index < -0.39 is 28.1 Å². The molecule has 0 bridgehead atoms. The van der Waals surface area contributed by atoms with Crippen molar-refractivity contribution in [1.29, 1.82) is 0 Å². The highest BCUT2D eigenvalue weighted by molar-refractivity contribution is 7.91. The van der Waals surface area contributed by atoms with E-state index in [2.05, 4.69) is 26.0 Å². The van der Waals surface area contributed by atoms with E-state index in [-0.39, 0.29) is 4.90 Å². The first kappa shape index (κ1) is 25.9. The number of alkyl halides is 3. The van der Waals surface area contributed by atoms with Crippen LogP contribution in [-0.4, -0.2) is 28.8 Å². The van der Waals surface area contributed by atoms with Crippen LogP contribution in [0.4, 0.5) is 24.5 Å².